The van der Waals surface area contributed by atoms with E-state index in [1.54, 1.807) is 0 Å². The Labute approximate surface area is 100 Å². The van der Waals surface area contributed by atoms with Gasteiger partial charge in [0.25, 0.3) is 0 Å². The van der Waals surface area contributed by atoms with Crippen LogP contribution < -0.4 is 5.32 Å². The van der Waals surface area contributed by atoms with Crippen molar-refractivity contribution < 1.29 is 4.74 Å². The van der Waals surface area contributed by atoms with E-state index in [0.717, 1.165) is 25.8 Å². The van der Waals surface area contributed by atoms with Crippen LogP contribution in [-0.2, 0) is 4.74 Å². The maximum absolute atomic E-state index is 5.70. The van der Waals surface area contributed by atoms with Crippen molar-refractivity contribution in [1.82, 2.24) is 5.32 Å². The third kappa shape index (κ3) is 3.60. The number of ether oxygens (including phenoxy) is 1. The van der Waals surface area contributed by atoms with Crippen LogP contribution in [0.4, 0.5) is 0 Å². The minimum atomic E-state index is 0.168. The lowest BCUT2D eigenvalue weighted by Gasteiger charge is -2.43. The fourth-order valence-electron chi connectivity index (χ4n) is 2.51. The van der Waals surface area contributed by atoms with Crippen molar-refractivity contribution in [3.05, 3.63) is 12.2 Å². The molecule has 1 N–H and O–H groups in total. The van der Waals surface area contributed by atoms with Gasteiger partial charge < -0.3 is 10.1 Å². The highest BCUT2D eigenvalue weighted by atomic mass is 16.5. The summed E-state index contributed by atoms with van der Waals surface area (Å²) in [6.07, 6.45) is 7.09. The van der Waals surface area contributed by atoms with Crippen molar-refractivity contribution in [2.45, 2.75) is 64.0 Å². The van der Waals surface area contributed by atoms with E-state index in [1.165, 1.54) is 24.8 Å². The highest BCUT2D eigenvalue weighted by Gasteiger charge is 2.38. The lowest BCUT2D eigenvalue weighted by molar-refractivity contribution is -0.0833. The number of nitrogens with one attached hydrogen (secondary N) is 1. The molecule has 0 heterocycles. The molecule has 0 amide bonds. The van der Waals surface area contributed by atoms with Gasteiger partial charge in [-0.2, -0.15) is 0 Å². The molecule has 1 atom stereocenters. The van der Waals surface area contributed by atoms with E-state index in [1.807, 2.05) is 7.11 Å². The van der Waals surface area contributed by atoms with Crippen molar-refractivity contribution in [1.29, 1.82) is 0 Å². The molecule has 2 nitrogen and oxygen atoms in total. The highest BCUT2D eigenvalue weighted by molar-refractivity contribution is 5.00. The fourth-order valence-corrected chi connectivity index (χ4v) is 2.51. The van der Waals surface area contributed by atoms with Gasteiger partial charge in [-0.15, -0.1) is 0 Å². The molecular weight excluding hydrogens is 198 g/mol. The Morgan fingerprint density at radius 3 is 2.50 bits per heavy atom. The van der Waals surface area contributed by atoms with Crippen LogP contribution >= 0.6 is 0 Å². The maximum Gasteiger partial charge on any atom is 0.0693 e. The monoisotopic (exact) mass is 225 g/mol. The summed E-state index contributed by atoms with van der Waals surface area (Å²) in [5.41, 5.74) is 1.51. The number of hydrogen-bond donors (Lipinski definition) is 1. The molecule has 0 saturated heterocycles. The zero-order valence-corrected chi connectivity index (χ0v) is 11.1. The molecule has 1 rings (SSSR count). The molecule has 0 radical (unpaired) electrons. The van der Waals surface area contributed by atoms with Gasteiger partial charge in [-0.05, 0) is 45.1 Å². The number of rotatable bonds is 8. The first-order chi connectivity index (χ1) is 7.65. The molecule has 94 valence electrons. The summed E-state index contributed by atoms with van der Waals surface area (Å²) in [7, 11) is 1.86. The first kappa shape index (κ1) is 13.7. The molecule has 2 heteroatoms. The Kier molecular flexibility index (Phi) is 5.50. The van der Waals surface area contributed by atoms with Gasteiger partial charge in [0.05, 0.1) is 5.60 Å². The molecule has 0 aromatic carbocycles. The smallest absolute Gasteiger partial charge is 0.0693 e. The van der Waals surface area contributed by atoms with E-state index < -0.39 is 0 Å². The Bertz CT molecular complexity index is 215. The summed E-state index contributed by atoms with van der Waals surface area (Å²) < 4.78 is 5.70. The minimum absolute atomic E-state index is 0.168. The molecule has 1 saturated carbocycles. The lowest BCUT2D eigenvalue weighted by Crippen LogP contribution is -2.46. The average molecular weight is 225 g/mol. The van der Waals surface area contributed by atoms with Crippen LogP contribution in [0.5, 0.6) is 0 Å². The first-order valence-electron chi connectivity index (χ1n) is 6.61. The topological polar surface area (TPSA) is 21.3 Å². The Hall–Kier alpha value is -0.340. The molecular formula is C14H27NO. The van der Waals surface area contributed by atoms with Gasteiger partial charge in [0, 0.05) is 13.2 Å². The molecule has 1 fully saturated rings. The summed E-state index contributed by atoms with van der Waals surface area (Å²) in [5.74, 6) is 0. The molecule has 16 heavy (non-hydrogen) atoms. The Morgan fingerprint density at radius 1 is 1.44 bits per heavy atom. The van der Waals surface area contributed by atoms with Crippen molar-refractivity contribution in [2.24, 2.45) is 0 Å². The van der Waals surface area contributed by atoms with Gasteiger partial charge in [0.15, 0.2) is 0 Å². The number of hydrogen-bond acceptors (Lipinski definition) is 2. The lowest BCUT2D eigenvalue weighted by atomic mass is 9.75. The normalized spacial score (nSPS) is 20.2. The molecule has 0 spiro atoms. The predicted octanol–water partition coefficient (Wildman–Crippen LogP) is 3.28. The summed E-state index contributed by atoms with van der Waals surface area (Å²) in [5, 5.41) is 3.57. The quantitative estimate of drug-likeness (QED) is 0.640. The SMILES string of the molecule is C=C(CC)CC(CC1(OC)CCC1)NCC. The fraction of sp³-hybridized carbons (Fsp3) is 0.857. The van der Waals surface area contributed by atoms with Crippen LogP contribution in [0.2, 0.25) is 0 Å². The molecule has 0 aromatic rings. The van der Waals surface area contributed by atoms with E-state index in [4.69, 9.17) is 4.74 Å². The molecule has 0 aliphatic heterocycles. The second-order valence-electron chi connectivity index (χ2n) is 5.01. The van der Waals surface area contributed by atoms with E-state index in [2.05, 4.69) is 25.7 Å². The van der Waals surface area contributed by atoms with Gasteiger partial charge in [0.2, 0.25) is 0 Å². The third-order valence-corrected chi connectivity index (χ3v) is 3.84. The van der Waals surface area contributed by atoms with E-state index in [-0.39, 0.29) is 5.60 Å². The molecule has 1 aliphatic carbocycles. The summed E-state index contributed by atoms with van der Waals surface area (Å²) in [6.45, 7) is 9.49. The second kappa shape index (κ2) is 6.41. The van der Waals surface area contributed by atoms with Crippen molar-refractivity contribution in [3.8, 4) is 0 Å². The highest BCUT2D eigenvalue weighted by Crippen LogP contribution is 2.39. The van der Waals surface area contributed by atoms with Gasteiger partial charge in [-0.1, -0.05) is 26.0 Å². The van der Waals surface area contributed by atoms with Gasteiger partial charge in [-0.25, -0.2) is 0 Å². The van der Waals surface area contributed by atoms with Crippen molar-refractivity contribution in [2.75, 3.05) is 13.7 Å². The van der Waals surface area contributed by atoms with Gasteiger partial charge >= 0.3 is 0 Å². The predicted molar refractivity (Wildman–Crippen MR) is 69.7 cm³/mol. The van der Waals surface area contributed by atoms with Gasteiger partial charge in [-0.3, -0.25) is 0 Å². The molecule has 0 aromatic heterocycles. The van der Waals surface area contributed by atoms with Crippen LogP contribution in [0.25, 0.3) is 0 Å². The van der Waals surface area contributed by atoms with Crippen molar-refractivity contribution >= 4 is 0 Å². The second-order valence-corrected chi connectivity index (χ2v) is 5.01. The standard InChI is InChI=1S/C14H27NO/c1-5-12(3)10-13(15-6-2)11-14(16-4)8-7-9-14/h13,15H,3,5-11H2,1-2,4H3. The van der Waals surface area contributed by atoms with E-state index >= 15 is 0 Å². The van der Waals surface area contributed by atoms with Crippen LogP contribution in [0.15, 0.2) is 12.2 Å². The van der Waals surface area contributed by atoms with Crippen molar-refractivity contribution in [3.63, 3.8) is 0 Å². The summed E-state index contributed by atoms with van der Waals surface area (Å²) >= 11 is 0. The van der Waals surface area contributed by atoms with Crippen LogP contribution in [-0.4, -0.2) is 25.3 Å². The van der Waals surface area contributed by atoms with E-state index in [9.17, 15) is 0 Å². The summed E-state index contributed by atoms with van der Waals surface area (Å²) in [4.78, 5) is 0. The van der Waals surface area contributed by atoms with Gasteiger partial charge in [0.1, 0.15) is 0 Å². The maximum atomic E-state index is 5.70. The molecule has 1 unspecified atom stereocenters. The first-order valence-corrected chi connectivity index (χ1v) is 6.61. The molecule has 1 aliphatic rings. The van der Waals surface area contributed by atoms with Crippen LogP contribution in [0.1, 0.15) is 52.4 Å². The van der Waals surface area contributed by atoms with Crippen LogP contribution in [0, 0.1) is 0 Å². The summed E-state index contributed by atoms with van der Waals surface area (Å²) in [6, 6.07) is 0.540. The average Bonchev–Trinajstić information content (AvgIpc) is 2.23. The third-order valence-electron chi connectivity index (χ3n) is 3.84. The van der Waals surface area contributed by atoms with Crippen LogP contribution in [0.3, 0.4) is 0 Å². The zero-order valence-electron chi connectivity index (χ0n) is 11.1. The Morgan fingerprint density at radius 2 is 2.12 bits per heavy atom. The van der Waals surface area contributed by atoms with E-state index in [0.29, 0.717) is 6.04 Å². The minimum Gasteiger partial charge on any atom is -0.378 e. The number of methoxy groups -OCH3 is 1. The zero-order chi connectivity index (χ0) is 12.0. The largest absolute Gasteiger partial charge is 0.378 e. The Balaban J connectivity index is 2.46. The molecule has 0 bridgehead atoms.